The lowest BCUT2D eigenvalue weighted by atomic mass is 10.1. The fourth-order valence-corrected chi connectivity index (χ4v) is 2.88. The predicted molar refractivity (Wildman–Crippen MR) is 87.9 cm³/mol. The van der Waals surface area contributed by atoms with Gasteiger partial charge in [-0.25, -0.2) is 18.4 Å². The highest BCUT2D eigenvalue weighted by Gasteiger charge is 2.30. The van der Waals surface area contributed by atoms with Gasteiger partial charge in [-0.2, -0.15) is 18.3 Å². The number of alkyl halides is 5. The fourth-order valence-electron chi connectivity index (χ4n) is 2.88. The number of hydrogen-bond acceptors (Lipinski definition) is 3. The summed E-state index contributed by atoms with van der Waals surface area (Å²) in [7, 11) is 0. The van der Waals surface area contributed by atoms with Gasteiger partial charge in [0.2, 0.25) is 6.43 Å². The third kappa shape index (κ3) is 3.69. The zero-order valence-corrected chi connectivity index (χ0v) is 14.3. The topological polar surface area (TPSA) is 63.6 Å². The number of halogens is 5. The Bertz CT molecular complexity index is 1020. The zero-order chi connectivity index (χ0) is 19.9. The molecule has 27 heavy (non-hydrogen) atoms. The second-order valence-corrected chi connectivity index (χ2v) is 6.13. The molecule has 0 aliphatic heterocycles. The van der Waals surface area contributed by atoms with E-state index in [1.807, 2.05) is 0 Å². The molecule has 5 nitrogen and oxygen atoms in total. The van der Waals surface area contributed by atoms with Gasteiger partial charge in [0.05, 0.1) is 23.7 Å². The minimum absolute atomic E-state index is 0.0420. The number of fused-ring (bicyclic) bond motifs is 1. The van der Waals surface area contributed by atoms with Crippen molar-refractivity contribution in [1.82, 2.24) is 19.7 Å². The maximum absolute atomic E-state index is 12.9. The Morgan fingerprint density at radius 3 is 2.37 bits per heavy atom. The summed E-state index contributed by atoms with van der Waals surface area (Å²) in [6, 6.07) is 3.82. The molecule has 0 saturated heterocycles. The monoisotopic (exact) mass is 386 g/mol. The molecule has 0 unspecified atom stereocenters. The van der Waals surface area contributed by atoms with E-state index in [1.165, 1.54) is 23.7 Å². The summed E-state index contributed by atoms with van der Waals surface area (Å²) in [6.07, 6.45) is -7.90. The van der Waals surface area contributed by atoms with E-state index in [2.05, 4.69) is 15.1 Å². The van der Waals surface area contributed by atoms with Crippen LogP contribution in [0.1, 0.15) is 35.6 Å². The van der Waals surface area contributed by atoms with Gasteiger partial charge in [-0.05, 0) is 31.5 Å². The third-order valence-corrected chi connectivity index (χ3v) is 4.19. The van der Waals surface area contributed by atoms with Gasteiger partial charge in [0.25, 0.3) is 5.56 Å². The molecule has 0 aliphatic rings. The first-order valence-electron chi connectivity index (χ1n) is 8.01. The molecular formula is C17H15F5N4O. The van der Waals surface area contributed by atoms with E-state index in [9.17, 15) is 26.7 Å². The first kappa shape index (κ1) is 19.0. The smallest absolute Gasteiger partial charge is 0.310 e. The van der Waals surface area contributed by atoms with Gasteiger partial charge in [0, 0.05) is 0 Å². The molecule has 0 fully saturated rings. The fraction of sp³-hybridized carbons (Fsp3) is 0.353. The number of benzene rings is 1. The van der Waals surface area contributed by atoms with Crippen LogP contribution in [-0.2, 0) is 12.6 Å². The highest BCUT2D eigenvalue weighted by molar-refractivity contribution is 5.77. The van der Waals surface area contributed by atoms with Crippen LogP contribution in [0.25, 0.3) is 11.0 Å². The Morgan fingerprint density at radius 2 is 1.81 bits per heavy atom. The SMILES string of the molecule is Cc1nc2c(c(CC(F)F)nn2[C@H](C)c2ccc(C(F)(F)F)cc2)c(=O)[nH]1. The predicted octanol–water partition coefficient (Wildman–Crippen LogP) is 3.86. The van der Waals surface area contributed by atoms with Crippen LogP contribution < -0.4 is 5.56 Å². The Labute approximate surface area is 149 Å². The van der Waals surface area contributed by atoms with E-state index >= 15 is 0 Å². The Kier molecular flexibility index (Phi) is 4.75. The van der Waals surface area contributed by atoms with Crippen molar-refractivity contribution in [3.8, 4) is 0 Å². The minimum Gasteiger partial charge on any atom is -0.310 e. The van der Waals surface area contributed by atoms with Crippen LogP contribution in [0.15, 0.2) is 29.1 Å². The van der Waals surface area contributed by atoms with E-state index in [0.29, 0.717) is 5.56 Å². The number of aromatic amines is 1. The first-order chi connectivity index (χ1) is 12.6. The first-order valence-corrected chi connectivity index (χ1v) is 8.01. The van der Waals surface area contributed by atoms with Gasteiger partial charge >= 0.3 is 6.18 Å². The lowest BCUT2D eigenvalue weighted by molar-refractivity contribution is -0.137. The Hall–Kier alpha value is -2.78. The van der Waals surface area contributed by atoms with E-state index in [-0.39, 0.29) is 22.6 Å². The molecule has 1 N–H and O–H groups in total. The summed E-state index contributed by atoms with van der Waals surface area (Å²) < 4.78 is 65.2. The van der Waals surface area contributed by atoms with Crippen LogP contribution in [-0.4, -0.2) is 26.2 Å². The number of nitrogens with zero attached hydrogens (tertiary/aromatic N) is 3. The Morgan fingerprint density at radius 1 is 1.19 bits per heavy atom. The van der Waals surface area contributed by atoms with Crippen LogP contribution in [0.3, 0.4) is 0 Å². The molecule has 3 rings (SSSR count). The van der Waals surface area contributed by atoms with Crippen LogP contribution in [0.5, 0.6) is 0 Å². The lowest BCUT2D eigenvalue weighted by Crippen LogP contribution is -2.13. The zero-order valence-electron chi connectivity index (χ0n) is 14.3. The minimum atomic E-state index is -4.46. The molecule has 3 aromatic rings. The number of hydrogen-bond donors (Lipinski definition) is 1. The van der Waals surface area contributed by atoms with E-state index in [4.69, 9.17) is 0 Å². The molecule has 0 spiro atoms. The van der Waals surface area contributed by atoms with Crippen molar-refractivity contribution in [3.05, 3.63) is 57.3 Å². The van der Waals surface area contributed by atoms with E-state index < -0.39 is 36.2 Å². The van der Waals surface area contributed by atoms with Gasteiger partial charge in [-0.3, -0.25) is 4.79 Å². The maximum atomic E-state index is 12.9. The Balaban J connectivity index is 2.11. The molecule has 1 atom stereocenters. The van der Waals surface area contributed by atoms with Crippen molar-refractivity contribution in [2.75, 3.05) is 0 Å². The average molecular weight is 386 g/mol. The van der Waals surface area contributed by atoms with E-state index in [0.717, 1.165) is 12.1 Å². The van der Waals surface area contributed by atoms with Gasteiger partial charge in [0.1, 0.15) is 11.2 Å². The number of aromatic nitrogens is 4. The highest BCUT2D eigenvalue weighted by Crippen LogP contribution is 2.31. The number of nitrogens with one attached hydrogen (secondary N) is 1. The van der Waals surface area contributed by atoms with Crippen LogP contribution in [0.4, 0.5) is 22.0 Å². The summed E-state index contributed by atoms with van der Waals surface area (Å²) in [6.45, 7) is 3.17. The van der Waals surface area contributed by atoms with Crippen molar-refractivity contribution >= 4 is 11.0 Å². The molecule has 0 amide bonds. The molecule has 0 aliphatic carbocycles. The molecule has 0 bridgehead atoms. The molecule has 2 heterocycles. The molecule has 2 aromatic heterocycles. The van der Waals surface area contributed by atoms with Crippen molar-refractivity contribution in [1.29, 1.82) is 0 Å². The largest absolute Gasteiger partial charge is 0.416 e. The van der Waals surface area contributed by atoms with Crippen LogP contribution in [0.2, 0.25) is 0 Å². The second kappa shape index (κ2) is 6.75. The lowest BCUT2D eigenvalue weighted by Gasteiger charge is -2.15. The van der Waals surface area contributed by atoms with Crippen LogP contribution in [0, 0.1) is 6.92 Å². The van der Waals surface area contributed by atoms with Crippen molar-refractivity contribution in [3.63, 3.8) is 0 Å². The van der Waals surface area contributed by atoms with E-state index in [1.54, 1.807) is 6.92 Å². The second-order valence-electron chi connectivity index (χ2n) is 6.13. The normalized spacial score (nSPS) is 13.5. The molecule has 0 radical (unpaired) electrons. The quantitative estimate of drug-likeness (QED) is 0.693. The number of H-pyrrole nitrogens is 1. The molecule has 0 saturated carbocycles. The van der Waals surface area contributed by atoms with Crippen molar-refractivity contribution < 1.29 is 22.0 Å². The van der Waals surface area contributed by atoms with Gasteiger partial charge < -0.3 is 4.98 Å². The summed E-state index contributed by atoms with van der Waals surface area (Å²) in [5, 5.41) is 4.07. The summed E-state index contributed by atoms with van der Waals surface area (Å²) >= 11 is 0. The van der Waals surface area contributed by atoms with Gasteiger partial charge in [0.15, 0.2) is 5.65 Å². The molecule has 10 heteroatoms. The summed E-state index contributed by atoms with van der Waals surface area (Å²) in [4.78, 5) is 18.9. The third-order valence-electron chi connectivity index (χ3n) is 4.19. The molecular weight excluding hydrogens is 371 g/mol. The summed E-state index contributed by atoms with van der Waals surface area (Å²) in [5.74, 6) is 0.275. The van der Waals surface area contributed by atoms with Crippen molar-refractivity contribution in [2.24, 2.45) is 0 Å². The molecule has 1 aromatic carbocycles. The summed E-state index contributed by atoms with van der Waals surface area (Å²) in [5.41, 5.74) is -0.908. The molecule has 144 valence electrons. The average Bonchev–Trinajstić information content (AvgIpc) is 2.91. The number of aryl methyl sites for hydroxylation is 1. The highest BCUT2D eigenvalue weighted by atomic mass is 19.4. The number of rotatable bonds is 4. The van der Waals surface area contributed by atoms with Crippen molar-refractivity contribution in [2.45, 2.75) is 38.9 Å². The van der Waals surface area contributed by atoms with Gasteiger partial charge in [-0.15, -0.1) is 0 Å². The van der Waals surface area contributed by atoms with Crippen LogP contribution >= 0.6 is 0 Å². The van der Waals surface area contributed by atoms with Gasteiger partial charge in [-0.1, -0.05) is 12.1 Å². The standard InChI is InChI=1S/C17H15F5N4O/c1-8(10-3-5-11(6-4-10)17(20,21)22)26-15-14(12(25-26)7-13(18)19)16(27)24-9(2)23-15/h3-6,8,13H,7H2,1-2H3,(H,23,24,27)/t8-/m1/s1. The maximum Gasteiger partial charge on any atom is 0.416 e.